The lowest BCUT2D eigenvalue weighted by Crippen LogP contribution is -2.11. The Hall–Kier alpha value is -0.510. The largest absolute Gasteiger partial charge is 0.299 e. The average Bonchev–Trinajstić information content (AvgIpc) is 2.17. The molecule has 0 atom stereocenters. The van der Waals surface area contributed by atoms with Gasteiger partial charge in [-0.3, -0.25) is 14.6 Å². The van der Waals surface area contributed by atoms with Crippen molar-refractivity contribution in [3.05, 3.63) is 20.5 Å². The van der Waals surface area contributed by atoms with Crippen molar-refractivity contribution in [2.45, 2.75) is 13.3 Å². The van der Waals surface area contributed by atoms with Crippen molar-refractivity contribution >= 4 is 15.9 Å². The zero-order valence-corrected chi connectivity index (χ0v) is 7.53. The van der Waals surface area contributed by atoms with E-state index in [0.29, 0.717) is 4.47 Å². The third-order valence-corrected chi connectivity index (χ3v) is 2.23. The van der Waals surface area contributed by atoms with Crippen molar-refractivity contribution in [3.63, 3.8) is 0 Å². The Kier molecular flexibility index (Phi) is 1.99. The third kappa shape index (κ3) is 1.03. The van der Waals surface area contributed by atoms with Crippen LogP contribution in [0.15, 0.2) is 9.27 Å². The summed E-state index contributed by atoms with van der Waals surface area (Å²) in [5, 5.41) is 2.92. The molecule has 0 unspecified atom stereocenters. The highest BCUT2D eigenvalue weighted by atomic mass is 79.9. The fourth-order valence-corrected chi connectivity index (χ4v) is 1.45. The highest BCUT2D eigenvalue weighted by Crippen LogP contribution is 2.08. The number of nitrogens with one attached hydrogen (secondary N) is 1. The molecule has 0 saturated carbocycles. The van der Waals surface area contributed by atoms with Crippen molar-refractivity contribution in [1.29, 1.82) is 0 Å². The Labute approximate surface area is 67.2 Å². The first kappa shape index (κ1) is 7.60. The predicted molar refractivity (Wildman–Crippen MR) is 43.1 cm³/mol. The Morgan fingerprint density at radius 2 is 2.30 bits per heavy atom. The first-order valence-corrected chi connectivity index (χ1v) is 3.89. The molecule has 0 fully saturated rings. The SMILES string of the molecule is CCc1[nH]n(C)c(=O)c1Br. The zero-order chi connectivity index (χ0) is 7.72. The number of hydrogen-bond acceptors (Lipinski definition) is 1. The number of nitrogens with zero attached hydrogens (tertiary/aromatic N) is 1. The predicted octanol–water partition coefficient (Wildman–Crippen LogP) is 1.04. The number of rotatable bonds is 1. The van der Waals surface area contributed by atoms with Crippen LogP contribution in [-0.2, 0) is 13.5 Å². The number of aryl methyl sites for hydroxylation is 2. The number of H-pyrrole nitrogens is 1. The minimum atomic E-state index is -0.00292. The van der Waals surface area contributed by atoms with E-state index in [-0.39, 0.29) is 5.56 Å². The van der Waals surface area contributed by atoms with Crippen molar-refractivity contribution in [3.8, 4) is 0 Å². The number of hydrogen-bond donors (Lipinski definition) is 1. The third-order valence-electron chi connectivity index (χ3n) is 1.41. The topological polar surface area (TPSA) is 37.8 Å². The minimum Gasteiger partial charge on any atom is -0.299 e. The van der Waals surface area contributed by atoms with Gasteiger partial charge in [0.05, 0.1) is 5.69 Å². The van der Waals surface area contributed by atoms with E-state index in [9.17, 15) is 4.79 Å². The second kappa shape index (κ2) is 2.62. The molecule has 0 saturated heterocycles. The molecule has 1 heterocycles. The molecule has 10 heavy (non-hydrogen) atoms. The van der Waals surface area contributed by atoms with Crippen LogP contribution in [-0.4, -0.2) is 9.78 Å². The Morgan fingerprint density at radius 3 is 2.50 bits per heavy atom. The molecular weight excluding hydrogens is 196 g/mol. The summed E-state index contributed by atoms with van der Waals surface area (Å²) in [6.07, 6.45) is 0.844. The van der Waals surface area contributed by atoms with Crippen molar-refractivity contribution in [2.75, 3.05) is 0 Å². The molecule has 0 aliphatic rings. The van der Waals surface area contributed by atoms with Crippen LogP contribution in [0.1, 0.15) is 12.6 Å². The normalized spacial score (nSPS) is 10.3. The van der Waals surface area contributed by atoms with Gasteiger partial charge in [-0.05, 0) is 22.4 Å². The van der Waals surface area contributed by atoms with E-state index in [0.717, 1.165) is 12.1 Å². The molecule has 0 aliphatic carbocycles. The van der Waals surface area contributed by atoms with Crippen LogP contribution in [0, 0.1) is 0 Å². The van der Waals surface area contributed by atoms with Crippen LogP contribution in [0.25, 0.3) is 0 Å². The fraction of sp³-hybridized carbons (Fsp3) is 0.500. The van der Waals surface area contributed by atoms with Crippen LogP contribution in [0.5, 0.6) is 0 Å². The molecule has 3 nitrogen and oxygen atoms in total. The van der Waals surface area contributed by atoms with Gasteiger partial charge in [0.25, 0.3) is 5.56 Å². The number of aromatic amines is 1. The highest BCUT2D eigenvalue weighted by molar-refractivity contribution is 9.10. The molecule has 4 heteroatoms. The van der Waals surface area contributed by atoms with E-state index in [4.69, 9.17) is 0 Å². The molecule has 56 valence electrons. The fourth-order valence-electron chi connectivity index (χ4n) is 0.813. The molecule has 1 aromatic rings. The van der Waals surface area contributed by atoms with Crippen LogP contribution >= 0.6 is 15.9 Å². The van der Waals surface area contributed by atoms with Crippen LogP contribution in [0.3, 0.4) is 0 Å². The lowest BCUT2D eigenvalue weighted by atomic mass is 10.3. The van der Waals surface area contributed by atoms with Gasteiger partial charge in [0.15, 0.2) is 0 Å². The molecule has 1 rings (SSSR count). The summed E-state index contributed by atoms with van der Waals surface area (Å²) < 4.78 is 2.11. The molecule has 1 N–H and O–H groups in total. The maximum atomic E-state index is 11.0. The monoisotopic (exact) mass is 204 g/mol. The van der Waals surface area contributed by atoms with Gasteiger partial charge in [-0.25, -0.2) is 0 Å². The summed E-state index contributed by atoms with van der Waals surface area (Å²) in [4.78, 5) is 11.0. The summed E-state index contributed by atoms with van der Waals surface area (Å²) in [7, 11) is 1.70. The van der Waals surface area contributed by atoms with E-state index < -0.39 is 0 Å². The molecule has 0 bridgehead atoms. The summed E-state index contributed by atoms with van der Waals surface area (Å²) in [5.74, 6) is 0. The maximum absolute atomic E-state index is 11.0. The molecule has 0 aromatic carbocycles. The van der Waals surface area contributed by atoms with Gasteiger partial charge in [-0.2, -0.15) is 0 Å². The van der Waals surface area contributed by atoms with Crippen molar-refractivity contribution in [1.82, 2.24) is 9.78 Å². The first-order valence-electron chi connectivity index (χ1n) is 3.10. The Balaban J connectivity index is 3.31. The summed E-state index contributed by atoms with van der Waals surface area (Å²) in [5.41, 5.74) is 0.948. The van der Waals surface area contributed by atoms with Gasteiger partial charge < -0.3 is 0 Å². The smallest absolute Gasteiger partial charge is 0.280 e. The highest BCUT2D eigenvalue weighted by Gasteiger charge is 2.05. The van der Waals surface area contributed by atoms with Gasteiger partial charge in [0.1, 0.15) is 4.47 Å². The molecule has 0 amide bonds. The van der Waals surface area contributed by atoms with Gasteiger partial charge in [0, 0.05) is 7.05 Å². The zero-order valence-electron chi connectivity index (χ0n) is 5.94. The lowest BCUT2D eigenvalue weighted by molar-refractivity contribution is 0.722. The van der Waals surface area contributed by atoms with Crippen molar-refractivity contribution < 1.29 is 0 Å². The molecule has 1 aromatic heterocycles. The summed E-state index contributed by atoms with van der Waals surface area (Å²) >= 11 is 3.20. The van der Waals surface area contributed by atoms with Gasteiger partial charge in [-0.15, -0.1) is 0 Å². The molecular formula is C6H9BrN2O. The van der Waals surface area contributed by atoms with Crippen molar-refractivity contribution in [2.24, 2.45) is 7.05 Å². The Morgan fingerprint density at radius 1 is 1.70 bits per heavy atom. The molecule has 0 spiro atoms. The van der Waals surface area contributed by atoms with E-state index >= 15 is 0 Å². The summed E-state index contributed by atoms with van der Waals surface area (Å²) in [6.45, 7) is 2.00. The maximum Gasteiger partial charge on any atom is 0.280 e. The van der Waals surface area contributed by atoms with Crippen LogP contribution < -0.4 is 5.56 Å². The van der Waals surface area contributed by atoms with E-state index in [1.165, 1.54) is 4.68 Å². The molecule has 0 radical (unpaired) electrons. The minimum absolute atomic E-state index is 0.00292. The Bertz CT molecular complexity index is 286. The van der Waals surface area contributed by atoms with E-state index in [1.54, 1.807) is 7.05 Å². The standard InChI is InChI=1S/C6H9BrN2O/c1-3-4-5(7)6(10)9(2)8-4/h8H,3H2,1-2H3. The van der Waals surface area contributed by atoms with Crippen LogP contribution in [0.4, 0.5) is 0 Å². The quantitative estimate of drug-likeness (QED) is 0.730. The number of aromatic nitrogens is 2. The van der Waals surface area contributed by atoms with Crippen LogP contribution in [0.2, 0.25) is 0 Å². The van der Waals surface area contributed by atoms with Gasteiger partial charge in [0.2, 0.25) is 0 Å². The van der Waals surface area contributed by atoms with Gasteiger partial charge in [-0.1, -0.05) is 6.92 Å². The number of halogens is 1. The average molecular weight is 205 g/mol. The summed E-state index contributed by atoms with van der Waals surface area (Å²) in [6, 6.07) is 0. The van der Waals surface area contributed by atoms with E-state index in [2.05, 4.69) is 21.0 Å². The van der Waals surface area contributed by atoms with Gasteiger partial charge >= 0.3 is 0 Å². The second-order valence-electron chi connectivity index (χ2n) is 2.12. The molecule has 0 aliphatic heterocycles. The second-order valence-corrected chi connectivity index (χ2v) is 2.92. The first-order chi connectivity index (χ1) is 4.66. The lowest BCUT2D eigenvalue weighted by Gasteiger charge is -1.87. The van der Waals surface area contributed by atoms with E-state index in [1.807, 2.05) is 6.92 Å².